The second-order valence-electron chi connectivity index (χ2n) is 6.97. The molecule has 0 radical (unpaired) electrons. The largest absolute Gasteiger partial charge is 0.497 e. The second kappa shape index (κ2) is 9.06. The van der Waals surface area contributed by atoms with Gasteiger partial charge in [0.05, 0.1) is 29.3 Å². The predicted octanol–water partition coefficient (Wildman–Crippen LogP) is 4.91. The molecule has 2 N–H and O–H groups in total. The summed E-state index contributed by atoms with van der Waals surface area (Å²) in [6.07, 6.45) is 1.72. The lowest BCUT2D eigenvalue weighted by molar-refractivity contribution is 0.0697. The van der Waals surface area contributed by atoms with Crippen LogP contribution in [0.1, 0.15) is 27.3 Å². The maximum absolute atomic E-state index is 11.0. The molecule has 0 spiro atoms. The van der Waals surface area contributed by atoms with Gasteiger partial charge in [0, 0.05) is 11.6 Å². The van der Waals surface area contributed by atoms with Crippen LogP contribution in [-0.2, 0) is 6.61 Å². The van der Waals surface area contributed by atoms with Crippen LogP contribution in [-0.4, -0.2) is 28.2 Å². The average Bonchev–Trinajstić information content (AvgIpc) is 3.25. The average molecular weight is 425 g/mol. The van der Waals surface area contributed by atoms with Gasteiger partial charge >= 0.3 is 5.97 Å². The number of para-hydroxylation sites is 1. The molecule has 0 amide bonds. The zero-order valence-electron chi connectivity index (χ0n) is 17.2. The van der Waals surface area contributed by atoms with Crippen LogP contribution in [0.3, 0.4) is 0 Å². The molecule has 0 saturated heterocycles. The fourth-order valence-corrected chi connectivity index (χ4v) is 3.19. The van der Waals surface area contributed by atoms with E-state index in [0.29, 0.717) is 22.9 Å². The summed E-state index contributed by atoms with van der Waals surface area (Å²) < 4.78 is 11.2. The number of fused-ring (bicyclic) bond motifs is 1. The predicted molar refractivity (Wildman–Crippen MR) is 120 cm³/mol. The number of carboxylic acids is 1. The van der Waals surface area contributed by atoms with Gasteiger partial charge in [0.25, 0.3) is 0 Å². The molecule has 0 saturated carbocycles. The van der Waals surface area contributed by atoms with Gasteiger partial charge in [-0.05, 0) is 42.0 Å². The number of hydrogen-bond acceptors (Lipinski definition) is 5. The summed E-state index contributed by atoms with van der Waals surface area (Å²) >= 11 is 0. The molecule has 0 aliphatic heterocycles. The molecule has 1 aromatic heterocycles. The van der Waals surface area contributed by atoms with Crippen molar-refractivity contribution in [2.45, 2.75) is 6.61 Å². The van der Waals surface area contributed by atoms with Gasteiger partial charge in [-0.3, -0.25) is 0 Å². The first-order valence-corrected chi connectivity index (χ1v) is 9.77. The maximum atomic E-state index is 11.0. The fraction of sp³-hybridized carbons (Fsp3) is 0.0800. The number of nitrogens with one attached hydrogen (secondary N) is 1. The quantitative estimate of drug-likeness (QED) is 0.407. The highest BCUT2D eigenvalue weighted by atomic mass is 16.5. The number of allylic oxidation sites excluding steroid dienone is 1. The standard InChI is InChI=1S/C25H19N3O4/c1-31-20-10-11-21-22(13-20)28-24(27-21)19(14-26)12-18-4-2-3-5-23(18)32-15-16-6-8-17(9-7-16)25(29)30/h2-13H,15H2,1H3,(H,27,28)(H,29,30). The number of rotatable bonds is 7. The summed E-state index contributed by atoms with van der Waals surface area (Å²) in [6, 6.07) is 21.5. The molecule has 158 valence electrons. The summed E-state index contributed by atoms with van der Waals surface area (Å²) in [4.78, 5) is 18.7. The van der Waals surface area contributed by atoms with E-state index in [9.17, 15) is 10.1 Å². The second-order valence-corrected chi connectivity index (χ2v) is 6.97. The lowest BCUT2D eigenvalue weighted by Gasteiger charge is -2.10. The molecule has 0 unspecified atom stereocenters. The van der Waals surface area contributed by atoms with Crippen LogP contribution in [0.4, 0.5) is 0 Å². The third-order valence-electron chi connectivity index (χ3n) is 4.88. The van der Waals surface area contributed by atoms with Gasteiger partial charge in [0.2, 0.25) is 0 Å². The normalized spacial score (nSPS) is 11.2. The number of benzene rings is 3. The van der Waals surface area contributed by atoms with Crippen molar-refractivity contribution >= 4 is 28.7 Å². The van der Waals surface area contributed by atoms with Gasteiger partial charge in [-0.25, -0.2) is 9.78 Å². The van der Waals surface area contributed by atoms with E-state index in [1.807, 2.05) is 42.5 Å². The molecule has 3 aromatic carbocycles. The van der Waals surface area contributed by atoms with Crippen LogP contribution >= 0.6 is 0 Å². The Labute approximate surface area is 184 Å². The number of carboxylic acid groups (broad SMARTS) is 1. The van der Waals surface area contributed by atoms with E-state index in [-0.39, 0.29) is 12.2 Å². The Hall–Kier alpha value is -4.57. The van der Waals surface area contributed by atoms with E-state index in [4.69, 9.17) is 14.6 Å². The summed E-state index contributed by atoms with van der Waals surface area (Å²) in [6.45, 7) is 0.261. The molecule has 4 aromatic rings. The van der Waals surface area contributed by atoms with Crippen molar-refractivity contribution in [3.8, 4) is 17.6 Å². The van der Waals surface area contributed by atoms with Crippen LogP contribution in [0.15, 0.2) is 66.7 Å². The monoisotopic (exact) mass is 425 g/mol. The number of methoxy groups -OCH3 is 1. The van der Waals surface area contributed by atoms with Crippen molar-refractivity contribution in [1.29, 1.82) is 5.26 Å². The number of aromatic amines is 1. The Kier molecular flexibility index (Phi) is 5.86. The van der Waals surface area contributed by atoms with Crippen molar-refractivity contribution < 1.29 is 19.4 Å². The zero-order chi connectivity index (χ0) is 22.5. The van der Waals surface area contributed by atoms with Crippen LogP contribution in [0.2, 0.25) is 0 Å². The zero-order valence-corrected chi connectivity index (χ0v) is 17.2. The van der Waals surface area contributed by atoms with E-state index in [2.05, 4.69) is 16.0 Å². The number of imidazole rings is 1. The number of nitriles is 1. The molecule has 7 nitrogen and oxygen atoms in total. The van der Waals surface area contributed by atoms with E-state index in [0.717, 1.165) is 22.2 Å². The molecule has 0 fully saturated rings. The van der Waals surface area contributed by atoms with Crippen molar-refractivity contribution in [2.75, 3.05) is 7.11 Å². The van der Waals surface area contributed by atoms with E-state index >= 15 is 0 Å². The molecule has 0 aliphatic carbocycles. The molecule has 32 heavy (non-hydrogen) atoms. The highest BCUT2D eigenvalue weighted by molar-refractivity contribution is 5.91. The van der Waals surface area contributed by atoms with E-state index in [1.54, 1.807) is 25.3 Å². The Morgan fingerprint density at radius 2 is 1.94 bits per heavy atom. The van der Waals surface area contributed by atoms with Gasteiger partial charge in [-0.2, -0.15) is 5.26 Å². The highest BCUT2D eigenvalue weighted by Crippen LogP contribution is 2.26. The van der Waals surface area contributed by atoms with Crippen molar-refractivity contribution in [1.82, 2.24) is 9.97 Å². The third-order valence-corrected chi connectivity index (χ3v) is 4.88. The lowest BCUT2D eigenvalue weighted by atomic mass is 10.1. The number of aromatic carboxylic acids is 1. The van der Waals surface area contributed by atoms with E-state index in [1.165, 1.54) is 12.1 Å². The van der Waals surface area contributed by atoms with Crippen LogP contribution in [0, 0.1) is 11.3 Å². The topological polar surface area (TPSA) is 108 Å². The molecule has 7 heteroatoms. The molecular weight excluding hydrogens is 406 g/mol. The van der Waals surface area contributed by atoms with Crippen LogP contribution in [0.5, 0.6) is 11.5 Å². The van der Waals surface area contributed by atoms with Gasteiger partial charge in [-0.1, -0.05) is 30.3 Å². The van der Waals surface area contributed by atoms with Crippen LogP contribution < -0.4 is 9.47 Å². The smallest absolute Gasteiger partial charge is 0.335 e. The Balaban J connectivity index is 1.59. The molecule has 0 bridgehead atoms. The van der Waals surface area contributed by atoms with Crippen LogP contribution in [0.25, 0.3) is 22.7 Å². The highest BCUT2D eigenvalue weighted by Gasteiger charge is 2.11. The minimum absolute atomic E-state index is 0.221. The lowest BCUT2D eigenvalue weighted by Crippen LogP contribution is -1.99. The Morgan fingerprint density at radius 3 is 2.66 bits per heavy atom. The molecular formula is C25H19N3O4. The SMILES string of the molecule is COc1ccc2nc(C(C#N)=Cc3ccccc3OCc3ccc(C(=O)O)cc3)[nH]c2c1. The van der Waals surface area contributed by atoms with Gasteiger partial charge in [0.15, 0.2) is 0 Å². The summed E-state index contributed by atoms with van der Waals surface area (Å²) in [5.74, 6) is 0.779. The number of H-pyrrole nitrogens is 1. The molecule has 1 heterocycles. The third kappa shape index (κ3) is 4.45. The first kappa shape index (κ1) is 20.7. The van der Waals surface area contributed by atoms with Gasteiger partial charge in [0.1, 0.15) is 30.0 Å². The molecule has 0 atom stereocenters. The minimum Gasteiger partial charge on any atom is -0.497 e. The summed E-state index contributed by atoms with van der Waals surface area (Å²) in [7, 11) is 1.59. The fourth-order valence-electron chi connectivity index (χ4n) is 3.19. The molecule has 4 rings (SSSR count). The summed E-state index contributed by atoms with van der Waals surface area (Å²) in [5.41, 5.74) is 3.65. The number of ether oxygens (including phenoxy) is 2. The molecule has 0 aliphatic rings. The van der Waals surface area contributed by atoms with Gasteiger partial charge in [-0.15, -0.1) is 0 Å². The Morgan fingerprint density at radius 1 is 1.16 bits per heavy atom. The minimum atomic E-state index is -0.971. The number of carbonyl (C=O) groups is 1. The van der Waals surface area contributed by atoms with Crippen molar-refractivity contribution in [2.24, 2.45) is 0 Å². The number of aromatic nitrogens is 2. The first-order valence-electron chi connectivity index (χ1n) is 9.77. The van der Waals surface area contributed by atoms with Crippen molar-refractivity contribution in [3.63, 3.8) is 0 Å². The maximum Gasteiger partial charge on any atom is 0.335 e. The summed E-state index contributed by atoms with van der Waals surface area (Å²) in [5, 5.41) is 18.8. The Bertz CT molecular complexity index is 1350. The first-order chi connectivity index (χ1) is 15.6. The van der Waals surface area contributed by atoms with E-state index < -0.39 is 5.97 Å². The number of hydrogen-bond donors (Lipinski definition) is 2. The van der Waals surface area contributed by atoms with Crippen molar-refractivity contribution in [3.05, 3.63) is 89.2 Å². The van der Waals surface area contributed by atoms with Gasteiger partial charge < -0.3 is 19.6 Å². The number of nitrogens with zero attached hydrogens (tertiary/aromatic N) is 2.